The summed E-state index contributed by atoms with van der Waals surface area (Å²) >= 11 is 0. The summed E-state index contributed by atoms with van der Waals surface area (Å²) < 4.78 is 31.2. The number of fused-ring (bicyclic) bond motifs is 1. The van der Waals surface area contributed by atoms with Crippen molar-refractivity contribution in [1.82, 2.24) is 15.0 Å². The number of nitrogens with one attached hydrogen (secondary N) is 2. The summed E-state index contributed by atoms with van der Waals surface area (Å²) in [5.41, 5.74) is 2.67. The van der Waals surface area contributed by atoms with Gasteiger partial charge in [0.25, 0.3) is 0 Å². The molecule has 1 aromatic carbocycles. The van der Waals surface area contributed by atoms with Crippen LogP contribution in [0.5, 0.6) is 0 Å². The second kappa shape index (κ2) is 8.43. The van der Waals surface area contributed by atoms with E-state index in [4.69, 9.17) is 9.68 Å². The number of carbonyl (C=O) groups excluding carboxylic acids is 1. The molecule has 0 spiro atoms. The Labute approximate surface area is 195 Å². The molecule has 4 aromatic rings. The third kappa shape index (κ3) is 4.06. The minimum atomic E-state index is -3.48. The summed E-state index contributed by atoms with van der Waals surface area (Å²) in [4.78, 5) is 23.6. The largest absolute Gasteiger partial charge is 0.444 e. The number of sulfone groups is 1. The number of nitriles is 1. The maximum Gasteiger partial charge on any atom is 0.230 e. The molecule has 1 fully saturated rings. The molecule has 0 aliphatic heterocycles. The van der Waals surface area contributed by atoms with E-state index in [0.717, 1.165) is 11.1 Å². The number of aromatic nitrogens is 3. The van der Waals surface area contributed by atoms with Crippen LogP contribution < -0.4 is 5.32 Å². The van der Waals surface area contributed by atoms with E-state index < -0.39 is 9.84 Å². The Balaban J connectivity index is 1.33. The van der Waals surface area contributed by atoms with Crippen LogP contribution in [0.2, 0.25) is 0 Å². The summed E-state index contributed by atoms with van der Waals surface area (Å²) in [5, 5.41) is 13.4. The monoisotopic (exact) mass is 475 g/mol. The summed E-state index contributed by atoms with van der Waals surface area (Å²) in [6.07, 6.45) is 6.10. The van der Waals surface area contributed by atoms with E-state index >= 15 is 0 Å². The molecule has 5 rings (SSSR count). The molecule has 0 amide bonds. The third-order valence-corrected chi connectivity index (χ3v) is 7.93. The molecule has 0 unspecified atom stereocenters. The van der Waals surface area contributed by atoms with Crippen LogP contribution in [0.3, 0.4) is 0 Å². The highest BCUT2D eigenvalue weighted by atomic mass is 32.2. The molecule has 0 bridgehead atoms. The first kappa shape index (κ1) is 21.9. The number of carbonyl (C=O) groups is 1. The summed E-state index contributed by atoms with van der Waals surface area (Å²) in [6.45, 7) is 1.42. The Bertz CT molecular complexity index is 1540. The maximum atomic E-state index is 12.8. The summed E-state index contributed by atoms with van der Waals surface area (Å²) in [6, 6.07) is 10.1. The molecule has 2 N–H and O–H groups in total. The first-order chi connectivity index (χ1) is 16.3. The number of pyridine rings is 1. The van der Waals surface area contributed by atoms with Crippen molar-refractivity contribution in [2.45, 2.75) is 30.7 Å². The standard InChI is InChI=1S/C24H21N5O4S/c1-14(30)21-12-33-24(29-21)20-11-27-23-19(5-6-26-23)22(20)28-17-7-16(8-17)13-34(31,32)18-4-2-3-15(9-18)10-25/h2-6,9,11-12,16-17H,7-8,13H2,1H3,(H2,26,27,28). The number of anilines is 1. The van der Waals surface area contributed by atoms with Crippen molar-refractivity contribution >= 4 is 32.3 Å². The number of aromatic amines is 1. The summed E-state index contributed by atoms with van der Waals surface area (Å²) in [5.74, 6) is 0.138. The molecule has 3 heterocycles. The van der Waals surface area contributed by atoms with Crippen LogP contribution in [-0.4, -0.2) is 40.9 Å². The SMILES string of the molecule is CC(=O)c1coc(-c2cnc3[nH]ccc3c2NC2CC(CS(=O)(=O)c3cccc(C#N)c3)C2)n1. The zero-order valence-electron chi connectivity index (χ0n) is 18.3. The van der Waals surface area contributed by atoms with Crippen LogP contribution in [0, 0.1) is 17.2 Å². The molecule has 1 aliphatic carbocycles. The second-order valence-corrected chi connectivity index (χ2v) is 10.5. The highest BCUT2D eigenvalue weighted by Crippen LogP contribution is 2.38. The van der Waals surface area contributed by atoms with Crippen LogP contribution in [0.1, 0.15) is 35.8 Å². The van der Waals surface area contributed by atoms with E-state index in [0.29, 0.717) is 35.5 Å². The van der Waals surface area contributed by atoms with E-state index in [2.05, 4.69) is 20.3 Å². The fourth-order valence-corrected chi connectivity index (χ4v) is 5.92. The lowest BCUT2D eigenvalue weighted by atomic mass is 9.81. The Kier molecular flexibility index (Phi) is 5.42. The van der Waals surface area contributed by atoms with E-state index in [9.17, 15) is 13.2 Å². The van der Waals surface area contributed by atoms with Gasteiger partial charge in [-0.05, 0) is 43.0 Å². The third-order valence-electron chi connectivity index (χ3n) is 6.04. The van der Waals surface area contributed by atoms with Crippen molar-refractivity contribution in [3.63, 3.8) is 0 Å². The molecule has 10 heteroatoms. The van der Waals surface area contributed by atoms with Crippen molar-refractivity contribution in [3.05, 3.63) is 60.2 Å². The lowest BCUT2D eigenvalue weighted by molar-refractivity contribution is 0.101. The van der Waals surface area contributed by atoms with Gasteiger partial charge in [0.15, 0.2) is 15.6 Å². The smallest absolute Gasteiger partial charge is 0.230 e. The van der Waals surface area contributed by atoms with Gasteiger partial charge in [0, 0.05) is 30.7 Å². The highest BCUT2D eigenvalue weighted by molar-refractivity contribution is 7.91. The number of nitrogens with zero attached hydrogens (tertiary/aromatic N) is 3. The number of ketones is 1. The van der Waals surface area contributed by atoms with Gasteiger partial charge in [0.2, 0.25) is 5.89 Å². The predicted molar refractivity (Wildman–Crippen MR) is 125 cm³/mol. The van der Waals surface area contributed by atoms with Gasteiger partial charge in [-0.3, -0.25) is 4.79 Å². The normalized spacial score (nSPS) is 17.8. The summed E-state index contributed by atoms with van der Waals surface area (Å²) in [7, 11) is -3.48. The van der Waals surface area contributed by atoms with Crippen molar-refractivity contribution < 1.29 is 17.6 Å². The Morgan fingerprint density at radius 2 is 2.15 bits per heavy atom. The minimum absolute atomic E-state index is 0.00583. The van der Waals surface area contributed by atoms with Gasteiger partial charge in [0.1, 0.15) is 17.6 Å². The van der Waals surface area contributed by atoms with Gasteiger partial charge in [-0.2, -0.15) is 5.26 Å². The average molecular weight is 476 g/mol. The number of hydrogen-bond acceptors (Lipinski definition) is 8. The lowest BCUT2D eigenvalue weighted by Gasteiger charge is -2.36. The van der Waals surface area contributed by atoms with Gasteiger partial charge < -0.3 is 14.7 Å². The van der Waals surface area contributed by atoms with Gasteiger partial charge in [-0.15, -0.1) is 0 Å². The molecular weight excluding hydrogens is 454 g/mol. The first-order valence-electron chi connectivity index (χ1n) is 10.8. The van der Waals surface area contributed by atoms with Crippen LogP contribution in [0.25, 0.3) is 22.5 Å². The molecular formula is C24H21N5O4S. The van der Waals surface area contributed by atoms with E-state index in [-0.39, 0.29) is 34.1 Å². The average Bonchev–Trinajstić information content (AvgIpc) is 3.47. The lowest BCUT2D eigenvalue weighted by Crippen LogP contribution is -2.39. The molecule has 34 heavy (non-hydrogen) atoms. The molecule has 0 atom stereocenters. The quantitative estimate of drug-likeness (QED) is 0.383. The maximum absolute atomic E-state index is 12.8. The second-order valence-electron chi connectivity index (χ2n) is 8.48. The minimum Gasteiger partial charge on any atom is -0.444 e. The van der Waals surface area contributed by atoms with Crippen LogP contribution in [0.4, 0.5) is 5.69 Å². The number of oxazole rings is 1. The van der Waals surface area contributed by atoms with E-state index in [1.54, 1.807) is 24.5 Å². The van der Waals surface area contributed by atoms with Crippen molar-refractivity contribution in [2.24, 2.45) is 5.92 Å². The van der Waals surface area contributed by atoms with Gasteiger partial charge >= 0.3 is 0 Å². The number of H-pyrrole nitrogens is 1. The Morgan fingerprint density at radius 3 is 2.88 bits per heavy atom. The van der Waals surface area contributed by atoms with E-state index in [1.165, 1.54) is 25.3 Å². The van der Waals surface area contributed by atoms with Gasteiger partial charge in [0.05, 0.1) is 33.5 Å². The van der Waals surface area contributed by atoms with Gasteiger partial charge in [-0.1, -0.05) is 6.07 Å². The van der Waals surface area contributed by atoms with Crippen LogP contribution in [-0.2, 0) is 9.84 Å². The van der Waals surface area contributed by atoms with Crippen molar-refractivity contribution in [3.8, 4) is 17.5 Å². The van der Waals surface area contributed by atoms with Crippen LogP contribution >= 0.6 is 0 Å². The number of Topliss-reactive ketones (excluding diaryl/α,β-unsaturated/α-hetero) is 1. The molecule has 0 radical (unpaired) electrons. The molecule has 1 aliphatic rings. The number of rotatable bonds is 7. The highest BCUT2D eigenvalue weighted by Gasteiger charge is 2.34. The molecule has 172 valence electrons. The molecule has 3 aromatic heterocycles. The van der Waals surface area contributed by atoms with Crippen molar-refractivity contribution in [1.29, 1.82) is 5.26 Å². The molecule has 9 nitrogen and oxygen atoms in total. The predicted octanol–water partition coefficient (Wildman–Crippen LogP) is 3.96. The molecule has 0 saturated heterocycles. The van der Waals surface area contributed by atoms with Gasteiger partial charge in [-0.25, -0.2) is 18.4 Å². The van der Waals surface area contributed by atoms with E-state index in [1.807, 2.05) is 12.1 Å². The number of benzene rings is 1. The van der Waals surface area contributed by atoms with Crippen molar-refractivity contribution in [2.75, 3.05) is 11.1 Å². The topological polar surface area (TPSA) is 142 Å². The zero-order valence-corrected chi connectivity index (χ0v) is 19.1. The molecule has 1 saturated carbocycles. The number of hydrogen-bond donors (Lipinski definition) is 2. The first-order valence-corrected chi connectivity index (χ1v) is 12.4. The van der Waals surface area contributed by atoms with Crippen LogP contribution in [0.15, 0.2) is 58.3 Å². The Hall–Kier alpha value is -3.97. The zero-order chi connectivity index (χ0) is 23.9. The fourth-order valence-electron chi connectivity index (χ4n) is 4.24. The Morgan fingerprint density at radius 1 is 1.32 bits per heavy atom. The fraction of sp³-hybridized carbons (Fsp3) is 0.250.